The number of carboxylic acid groups (broad SMARTS) is 1. The van der Waals surface area contributed by atoms with Crippen LogP contribution in [0.15, 0.2) is 18.2 Å². The van der Waals surface area contributed by atoms with E-state index in [0.717, 1.165) is 16.9 Å². The van der Waals surface area contributed by atoms with Crippen LogP contribution in [0, 0.1) is 6.92 Å². The smallest absolute Gasteiger partial charge is 0.317 e. The van der Waals surface area contributed by atoms with Crippen LogP contribution in [0.25, 0.3) is 0 Å². The third-order valence-electron chi connectivity index (χ3n) is 3.47. The van der Waals surface area contributed by atoms with Gasteiger partial charge in [-0.15, -0.1) is 0 Å². The molecule has 0 heterocycles. The summed E-state index contributed by atoms with van der Waals surface area (Å²) >= 11 is 0. The SMILES string of the molecule is COc1ccc(C)cc1C(C)N(CC(=O)O)C(C)(C)C. The topological polar surface area (TPSA) is 49.8 Å². The minimum atomic E-state index is -0.821. The van der Waals surface area contributed by atoms with Gasteiger partial charge < -0.3 is 9.84 Å². The minimum absolute atomic E-state index is 0.00175. The molecule has 1 rings (SSSR count). The van der Waals surface area contributed by atoms with Crippen molar-refractivity contribution in [3.05, 3.63) is 29.3 Å². The van der Waals surface area contributed by atoms with Crippen LogP contribution in [-0.2, 0) is 4.79 Å². The number of carboxylic acids is 1. The molecule has 0 aliphatic rings. The zero-order chi connectivity index (χ0) is 15.5. The Bertz CT molecular complexity index is 477. The van der Waals surface area contributed by atoms with Crippen LogP contribution in [-0.4, -0.2) is 35.2 Å². The lowest BCUT2D eigenvalue weighted by atomic mass is 9.97. The molecule has 1 unspecified atom stereocenters. The molecule has 0 saturated carbocycles. The summed E-state index contributed by atoms with van der Waals surface area (Å²) in [5, 5.41) is 9.15. The minimum Gasteiger partial charge on any atom is -0.496 e. The molecular weight excluding hydrogens is 254 g/mol. The van der Waals surface area contributed by atoms with Gasteiger partial charge in [-0.3, -0.25) is 9.69 Å². The third kappa shape index (κ3) is 3.97. The fraction of sp³-hybridized carbons (Fsp3) is 0.562. The fourth-order valence-corrected chi connectivity index (χ4v) is 2.45. The second kappa shape index (κ2) is 6.27. The predicted molar refractivity (Wildman–Crippen MR) is 80.2 cm³/mol. The lowest BCUT2D eigenvalue weighted by molar-refractivity contribution is -0.140. The van der Waals surface area contributed by atoms with E-state index in [4.69, 9.17) is 9.84 Å². The molecular formula is C16H25NO3. The maximum Gasteiger partial charge on any atom is 0.317 e. The molecule has 0 fully saturated rings. The van der Waals surface area contributed by atoms with Crippen molar-refractivity contribution in [3.8, 4) is 5.75 Å². The van der Waals surface area contributed by atoms with Crippen molar-refractivity contribution in [2.75, 3.05) is 13.7 Å². The van der Waals surface area contributed by atoms with Gasteiger partial charge in [-0.25, -0.2) is 0 Å². The number of nitrogens with zero attached hydrogens (tertiary/aromatic N) is 1. The Balaban J connectivity index is 3.21. The lowest BCUT2D eigenvalue weighted by Gasteiger charge is -2.39. The van der Waals surface area contributed by atoms with Gasteiger partial charge in [0.1, 0.15) is 5.75 Å². The van der Waals surface area contributed by atoms with E-state index in [-0.39, 0.29) is 18.1 Å². The van der Waals surface area contributed by atoms with Crippen molar-refractivity contribution < 1.29 is 14.6 Å². The van der Waals surface area contributed by atoms with Gasteiger partial charge in [0.05, 0.1) is 13.7 Å². The summed E-state index contributed by atoms with van der Waals surface area (Å²) in [7, 11) is 1.64. The van der Waals surface area contributed by atoms with Crippen LogP contribution in [0.4, 0.5) is 0 Å². The molecule has 0 aliphatic heterocycles. The molecule has 0 spiro atoms. The fourth-order valence-electron chi connectivity index (χ4n) is 2.45. The maximum atomic E-state index is 11.1. The maximum absolute atomic E-state index is 11.1. The number of rotatable bonds is 5. The normalized spacial score (nSPS) is 13.3. The molecule has 20 heavy (non-hydrogen) atoms. The highest BCUT2D eigenvalue weighted by molar-refractivity contribution is 5.69. The van der Waals surface area contributed by atoms with Crippen molar-refractivity contribution in [3.63, 3.8) is 0 Å². The van der Waals surface area contributed by atoms with Crippen LogP contribution in [0.1, 0.15) is 44.9 Å². The Hall–Kier alpha value is -1.55. The van der Waals surface area contributed by atoms with E-state index in [9.17, 15) is 4.79 Å². The second-order valence-corrected chi connectivity index (χ2v) is 6.11. The summed E-state index contributed by atoms with van der Waals surface area (Å²) in [5.41, 5.74) is 1.91. The number of aryl methyl sites for hydroxylation is 1. The summed E-state index contributed by atoms with van der Waals surface area (Å²) in [6.45, 7) is 10.1. The van der Waals surface area contributed by atoms with E-state index in [1.54, 1.807) is 7.11 Å². The van der Waals surface area contributed by atoms with Gasteiger partial charge in [-0.1, -0.05) is 17.7 Å². The summed E-state index contributed by atoms with van der Waals surface area (Å²) in [6, 6.07) is 5.95. The van der Waals surface area contributed by atoms with Gasteiger partial charge in [0.15, 0.2) is 0 Å². The van der Waals surface area contributed by atoms with Gasteiger partial charge in [0.25, 0.3) is 0 Å². The Morgan fingerprint density at radius 1 is 1.40 bits per heavy atom. The molecule has 112 valence electrons. The van der Waals surface area contributed by atoms with Crippen molar-refractivity contribution >= 4 is 5.97 Å². The molecule has 1 aromatic rings. The zero-order valence-electron chi connectivity index (χ0n) is 13.2. The first-order valence-electron chi connectivity index (χ1n) is 6.80. The Morgan fingerprint density at radius 2 is 2.00 bits per heavy atom. The first-order valence-corrected chi connectivity index (χ1v) is 6.80. The third-order valence-corrected chi connectivity index (χ3v) is 3.47. The van der Waals surface area contributed by atoms with Crippen LogP contribution >= 0.6 is 0 Å². The van der Waals surface area contributed by atoms with Gasteiger partial charge in [-0.05, 0) is 40.7 Å². The van der Waals surface area contributed by atoms with E-state index in [1.807, 2.05) is 51.7 Å². The number of carbonyl (C=O) groups is 1. The lowest BCUT2D eigenvalue weighted by Crippen LogP contribution is -2.45. The molecule has 0 amide bonds. The van der Waals surface area contributed by atoms with Crippen LogP contribution < -0.4 is 4.74 Å². The summed E-state index contributed by atoms with van der Waals surface area (Å²) < 4.78 is 5.42. The molecule has 1 aromatic carbocycles. The van der Waals surface area contributed by atoms with Crippen molar-refractivity contribution in [1.82, 2.24) is 4.90 Å². The van der Waals surface area contributed by atoms with Crippen molar-refractivity contribution in [2.24, 2.45) is 0 Å². The molecule has 0 bridgehead atoms. The van der Waals surface area contributed by atoms with E-state index in [1.165, 1.54) is 0 Å². The number of benzene rings is 1. The van der Waals surface area contributed by atoms with E-state index >= 15 is 0 Å². The van der Waals surface area contributed by atoms with Crippen molar-refractivity contribution in [2.45, 2.75) is 46.2 Å². The molecule has 0 saturated heterocycles. The van der Waals surface area contributed by atoms with Gasteiger partial charge >= 0.3 is 5.97 Å². The predicted octanol–water partition coefficient (Wildman–Crippen LogP) is 3.25. The monoisotopic (exact) mass is 279 g/mol. The molecule has 0 aliphatic carbocycles. The zero-order valence-corrected chi connectivity index (χ0v) is 13.2. The molecule has 1 atom stereocenters. The highest BCUT2D eigenvalue weighted by Crippen LogP contribution is 2.33. The van der Waals surface area contributed by atoms with Crippen LogP contribution in [0.3, 0.4) is 0 Å². The molecule has 4 nitrogen and oxygen atoms in total. The quantitative estimate of drug-likeness (QED) is 0.899. The number of ether oxygens (including phenoxy) is 1. The first-order chi connectivity index (χ1) is 9.16. The standard InChI is InChI=1S/C16H25NO3/c1-11-7-8-14(20-6)13(9-11)12(2)17(10-15(18)19)16(3,4)5/h7-9,12H,10H2,1-6H3,(H,18,19). The van der Waals surface area contributed by atoms with Gasteiger partial charge in [-0.2, -0.15) is 0 Å². The summed E-state index contributed by atoms with van der Waals surface area (Å²) in [5.74, 6) is -0.0267. The molecule has 0 radical (unpaired) electrons. The number of hydrogen-bond donors (Lipinski definition) is 1. The van der Waals surface area contributed by atoms with E-state index < -0.39 is 5.97 Å². The van der Waals surface area contributed by atoms with Crippen molar-refractivity contribution in [1.29, 1.82) is 0 Å². The second-order valence-electron chi connectivity index (χ2n) is 6.11. The molecule has 4 heteroatoms. The van der Waals surface area contributed by atoms with Gasteiger partial charge in [0.2, 0.25) is 0 Å². The number of hydrogen-bond acceptors (Lipinski definition) is 3. The Morgan fingerprint density at radius 3 is 2.45 bits per heavy atom. The first kappa shape index (κ1) is 16.5. The Kier molecular flexibility index (Phi) is 5.17. The van der Waals surface area contributed by atoms with Gasteiger partial charge in [0, 0.05) is 17.1 Å². The van der Waals surface area contributed by atoms with Crippen LogP contribution in [0.2, 0.25) is 0 Å². The number of aliphatic carboxylic acids is 1. The molecule has 1 N–H and O–H groups in total. The van der Waals surface area contributed by atoms with E-state index in [0.29, 0.717) is 0 Å². The largest absolute Gasteiger partial charge is 0.496 e. The average Bonchev–Trinajstić information content (AvgIpc) is 2.33. The van der Waals surface area contributed by atoms with E-state index in [2.05, 4.69) is 6.07 Å². The highest BCUT2D eigenvalue weighted by atomic mass is 16.5. The number of methoxy groups -OCH3 is 1. The summed E-state index contributed by atoms with van der Waals surface area (Å²) in [6.07, 6.45) is 0. The average molecular weight is 279 g/mol. The summed E-state index contributed by atoms with van der Waals surface area (Å²) in [4.78, 5) is 13.1. The van der Waals surface area contributed by atoms with Crippen LogP contribution in [0.5, 0.6) is 5.75 Å². The Labute approximate surface area is 121 Å². The molecule has 0 aromatic heterocycles. The highest BCUT2D eigenvalue weighted by Gasteiger charge is 2.30.